The molecule has 5 N–H and O–H groups in total. The highest BCUT2D eigenvalue weighted by molar-refractivity contribution is 5.81. The van der Waals surface area contributed by atoms with Crippen LogP contribution in [0.25, 0.3) is 0 Å². The Kier molecular flexibility index (Phi) is 7.88. The number of carbonyl (C=O) groups is 2. The zero-order chi connectivity index (χ0) is 21.2. The molecule has 2 aliphatic heterocycles. The number of amides is 1. The van der Waals surface area contributed by atoms with E-state index in [1.807, 2.05) is 0 Å². The van der Waals surface area contributed by atoms with E-state index in [0.29, 0.717) is 0 Å². The number of aliphatic hydroxyl groups excluding tert-OH is 4. The Balaban J connectivity index is 2.26. The highest BCUT2D eigenvalue weighted by atomic mass is 16.7. The van der Waals surface area contributed by atoms with E-state index in [1.54, 1.807) is 6.92 Å². The molecule has 0 radical (unpaired) electrons. The fourth-order valence-corrected chi connectivity index (χ4v) is 3.58. The van der Waals surface area contributed by atoms with Crippen molar-refractivity contribution in [2.75, 3.05) is 13.7 Å². The van der Waals surface area contributed by atoms with Gasteiger partial charge in [-0.25, -0.2) is 0 Å². The minimum atomic E-state index is -1.59. The molecule has 11 nitrogen and oxygen atoms in total. The van der Waals surface area contributed by atoms with Crippen LogP contribution in [0.1, 0.15) is 20.8 Å². The van der Waals surface area contributed by atoms with Gasteiger partial charge in [0, 0.05) is 14.0 Å². The van der Waals surface area contributed by atoms with Crippen LogP contribution in [0.15, 0.2) is 0 Å². The Morgan fingerprint density at radius 3 is 2.18 bits per heavy atom. The molecule has 0 bridgehead atoms. The molecule has 0 aromatic carbocycles. The summed E-state index contributed by atoms with van der Waals surface area (Å²) < 4.78 is 21.8. The normalized spacial score (nSPS) is 44.1. The largest absolute Gasteiger partial charge is 0.394 e. The SMILES string of the molecule is CO[C@H]1C(O)C(O)[C@H](OC2[C@H](O)C(CO)O[C@@H](C)[C@H]2NC(C)=O)O[C@H]1C(C)=O. The van der Waals surface area contributed by atoms with E-state index in [1.165, 1.54) is 21.0 Å². The third kappa shape index (κ3) is 4.69. The maximum Gasteiger partial charge on any atom is 0.217 e. The van der Waals surface area contributed by atoms with Gasteiger partial charge in [-0.05, 0) is 13.8 Å². The predicted molar refractivity (Wildman–Crippen MR) is 92.1 cm³/mol. The van der Waals surface area contributed by atoms with E-state index in [0.717, 1.165) is 0 Å². The lowest BCUT2D eigenvalue weighted by molar-refractivity contribution is -0.325. The number of carbonyl (C=O) groups excluding carboxylic acids is 2. The van der Waals surface area contributed by atoms with Gasteiger partial charge in [-0.1, -0.05) is 0 Å². The molecule has 0 aromatic heterocycles. The molecular formula is C17H29NO10. The van der Waals surface area contributed by atoms with Crippen LogP contribution in [-0.2, 0) is 28.5 Å². The van der Waals surface area contributed by atoms with Gasteiger partial charge in [0.15, 0.2) is 12.1 Å². The lowest BCUT2D eigenvalue weighted by atomic mass is 9.92. The van der Waals surface area contributed by atoms with Gasteiger partial charge < -0.3 is 44.7 Å². The number of Topliss-reactive ketones (excluding diaryl/α,β-unsaturated/α-hetero) is 1. The zero-order valence-electron chi connectivity index (χ0n) is 16.2. The van der Waals surface area contributed by atoms with Crippen LogP contribution >= 0.6 is 0 Å². The fraction of sp³-hybridized carbons (Fsp3) is 0.882. The Bertz CT molecular complexity index is 560. The summed E-state index contributed by atoms with van der Waals surface area (Å²) in [5, 5.41) is 43.2. The molecule has 2 heterocycles. The van der Waals surface area contributed by atoms with Crippen molar-refractivity contribution in [1.82, 2.24) is 5.32 Å². The van der Waals surface area contributed by atoms with Crippen molar-refractivity contribution < 1.29 is 49.0 Å². The topological polar surface area (TPSA) is 164 Å². The number of aliphatic hydroxyl groups is 4. The third-order valence-corrected chi connectivity index (χ3v) is 5.03. The van der Waals surface area contributed by atoms with Crippen LogP contribution in [0.2, 0.25) is 0 Å². The first-order valence-corrected chi connectivity index (χ1v) is 9.04. The van der Waals surface area contributed by atoms with E-state index in [9.17, 15) is 30.0 Å². The molecule has 0 saturated carbocycles. The summed E-state index contributed by atoms with van der Waals surface area (Å²) in [6, 6.07) is -0.834. The minimum Gasteiger partial charge on any atom is -0.394 e. The van der Waals surface area contributed by atoms with E-state index < -0.39 is 79.5 Å². The van der Waals surface area contributed by atoms with E-state index in [2.05, 4.69) is 5.32 Å². The van der Waals surface area contributed by atoms with Crippen LogP contribution in [0, 0.1) is 0 Å². The average Bonchev–Trinajstić information content (AvgIpc) is 2.63. The molecular weight excluding hydrogens is 378 g/mol. The summed E-state index contributed by atoms with van der Waals surface area (Å²) in [7, 11) is 1.27. The minimum absolute atomic E-state index is 0.407. The van der Waals surface area contributed by atoms with Gasteiger partial charge in [0.05, 0.1) is 18.8 Å². The lowest BCUT2D eigenvalue weighted by Crippen LogP contribution is -2.67. The second kappa shape index (κ2) is 9.55. The predicted octanol–water partition coefficient (Wildman–Crippen LogP) is -2.93. The molecule has 2 aliphatic rings. The summed E-state index contributed by atoms with van der Waals surface area (Å²) >= 11 is 0. The van der Waals surface area contributed by atoms with Crippen molar-refractivity contribution in [3.8, 4) is 0 Å². The maximum atomic E-state index is 11.9. The number of nitrogens with one attached hydrogen (secondary N) is 1. The summed E-state index contributed by atoms with van der Waals surface area (Å²) in [6.45, 7) is 3.64. The smallest absolute Gasteiger partial charge is 0.217 e. The number of hydrogen-bond donors (Lipinski definition) is 5. The first-order chi connectivity index (χ1) is 13.1. The molecule has 162 valence electrons. The maximum absolute atomic E-state index is 11.9. The first-order valence-electron chi connectivity index (χ1n) is 9.04. The van der Waals surface area contributed by atoms with Gasteiger partial charge in [-0.15, -0.1) is 0 Å². The number of ether oxygens (including phenoxy) is 4. The van der Waals surface area contributed by atoms with Gasteiger partial charge >= 0.3 is 0 Å². The van der Waals surface area contributed by atoms with Gasteiger partial charge in [0.2, 0.25) is 5.91 Å². The summed E-state index contributed by atoms with van der Waals surface area (Å²) in [5.74, 6) is -0.853. The van der Waals surface area contributed by atoms with Crippen molar-refractivity contribution >= 4 is 11.7 Å². The molecule has 2 fully saturated rings. The monoisotopic (exact) mass is 407 g/mol. The Labute approximate surface area is 162 Å². The number of methoxy groups -OCH3 is 1. The van der Waals surface area contributed by atoms with Crippen molar-refractivity contribution in [2.24, 2.45) is 0 Å². The molecule has 2 rings (SSSR count). The van der Waals surface area contributed by atoms with Gasteiger partial charge in [-0.3, -0.25) is 9.59 Å². The molecule has 1 amide bonds. The Morgan fingerprint density at radius 2 is 1.68 bits per heavy atom. The lowest BCUT2D eigenvalue weighted by Gasteiger charge is -2.47. The van der Waals surface area contributed by atoms with Crippen LogP contribution in [0.4, 0.5) is 0 Å². The molecule has 10 atom stereocenters. The van der Waals surface area contributed by atoms with E-state index in [4.69, 9.17) is 18.9 Å². The first kappa shape index (κ1) is 23.1. The van der Waals surface area contributed by atoms with Crippen LogP contribution in [-0.4, -0.2) is 107 Å². The van der Waals surface area contributed by atoms with Crippen LogP contribution in [0.3, 0.4) is 0 Å². The molecule has 0 aromatic rings. The number of rotatable bonds is 6. The molecule has 0 aliphatic carbocycles. The fourth-order valence-electron chi connectivity index (χ4n) is 3.58. The molecule has 11 heteroatoms. The van der Waals surface area contributed by atoms with Crippen molar-refractivity contribution in [2.45, 2.75) is 81.9 Å². The van der Waals surface area contributed by atoms with Gasteiger partial charge in [-0.2, -0.15) is 0 Å². The van der Waals surface area contributed by atoms with Gasteiger partial charge in [0.1, 0.15) is 42.7 Å². The molecule has 0 spiro atoms. The second-order valence-corrected chi connectivity index (χ2v) is 7.10. The quantitative estimate of drug-likeness (QED) is 0.308. The Hall–Kier alpha value is -1.18. The Morgan fingerprint density at radius 1 is 1.04 bits per heavy atom. The average molecular weight is 407 g/mol. The zero-order valence-corrected chi connectivity index (χ0v) is 16.2. The highest BCUT2D eigenvalue weighted by Gasteiger charge is 2.51. The number of hydrogen-bond acceptors (Lipinski definition) is 10. The summed E-state index contributed by atoms with van der Waals surface area (Å²) in [5.41, 5.74) is 0. The molecule has 4 unspecified atom stereocenters. The van der Waals surface area contributed by atoms with Crippen molar-refractivity contribution in [1.29, 1.82) is 0 Å². The molecule has 28 heavy (non-hydrogen) atoms. The summed E-state index contributed by atoms with van der Waals surface area (Å²) in [4.78, 5) is 23.4. The van der Waals surface area contributed by atoms with Gasteiger partial charge in [0.25, 0.3) is 0 Å². The van der Waals surface area contributed by atoms with Crippen LogP contribution < -0.4 is 5.32 Å². The number of ketones is 1. The third-order valence-electron chi connectivity index (χ3n) is 5.03. The van der Waals surface area contributed by atoms with Crippen LogP contribution in [0.5, 0.6) is 0 Å². The van der Waals surface area contributed by atoms with Crippen molar-refractivity contribution in [3.63, 3.8) is 0 Å². The van der Waals surface area contributed by atoms with Crippen molar-refractivity contribution in [3.05, 3.63) is 0 Å². The standard InChI is InChI=1S/C17H29NO10/c1-6(20)14-16(25-4)12(23)13(24)17(27-14)28-15-10(18-8(3)21)7(2)26-9(5-19)11(15)22/h7,9-17,19,22-24H,5H2,1-4H3,(H,18,21)/t7-,9?,10+,11+,12?,13?,14-,15?,16-,17-/m0/s1. The highest BCUT2D eigenvalue weighted by Crippen LogP contribution is 2.30. The molecule has 2 saturated heterocycles. The second-order valence-electron chi connectivity index (χ2n) is 7.10. The van der Waals surface area contributed by atoms with E-state index >= 15 is 0 Å². The summed E-state index contributed by atoms with van der Waals surface area (Å²) in [6.07, 6.45) is -11.0. The van der Waals surface area contributed by atoms with E-state index in [-0.39, 0.29) is 0 Å².